The highest BCUT2D eigenvalue weighted by Crippen LogP contribution is 2.21. The molecule has 0 aromatic carbocycles. The Kier molecular flexibility index (Phi) is 2.49. The summed E-state index contributed by atoms with van der Waals surface area (Å²) in [5, 5.41) is 0. The van der Waals surface area contributed by atoms with Crippen LogP contribution in [0.3, 0.4) is 0 Å². The Bertz CT molecular complexity index is 288. The molecule has 0 radical (unpaired) electrons. The van der Waals surface area contributed by atoms with Crippen molar-refractivity contribution in [1.29, 1.82) is 0 Å². The topological polar surface area (TPSA) is 16.1 Å². The SMILES string of the molecule is Fc1ccc(N2CCC(Br)C2)nc1. The number of rotatable bonds is 1. The lowest BCUT2D eigenvalue weighted by atomic mass is 10.4. The Labute approximate surface area is 84.9 Å². The summed E-state index contributed by atoms with van der Waals surface area (Å²) in [7, 11) is 0. The Morgan fingerprint density at radius 2 is 2.38 bits per heavy atom. The Balaban J connectivity index is 2.13. The first-order chi connectivity index (χ1) is 6.25. The molecule has 2 nitrogen and oxygen atoms in total. The summed E-state index contributed by atoms with van der Waals surface area (Å²) < 4.78 is 12.6. The number of hydrogen-bond acceptors (Lipinski definition) is 2. The van der Waals surface area contributed by atoms with Crippen molar-refractivity contribution in [2.24, 2.45) is 0 Å². The average molecular weight is 245 g/mol. The number of pyridine rings is 1. The average Bonchev–Trinajstić information content (AvgIpc) is 2.53. The van der Waals surface area contributed by atoms with Crippen LogP contribution in [-0.4, -0.2) is 22.9 Å². The first-order valence-electron chi connectivity index (χ1n) is 4.26. The van der Waals surface area contributed by atoms with Gasteiger partial charge in [0.1, 0.15) is 11.6 Å². The zero-order chi connectivity index (χ0) is 9.26. The molecule has 0 aliphatic carbocycles. The molecular formula is C9H10BrFN2. The van der Waals surface area contributed by atoms with Crippen LogP contribution in [-0.2, 0) is 0 Å². The van der Waals surface area contributed by atoms with Crippen molar-refractivity contribution < 1.29 is 4.39 Å². The first kappa shape index (κ1) is 8.94. The van der Waals surface area contributed by atoms with Gasteiger partial charge in [-0.15, -0.1) is 0 Å². The van der Waals surface area contributed by atoms with Gasteiger partial charge in [-0.1, -0.05) is 15.9 Å². The van der Waals surface area contributed by atoms with Gasteiger partial charge in [0.25, 0.3) is 0 Å². The normalized spacial score (nSPS) is 22.3. The Morgan fingerprint density at radius 1 is 1.54 bits per heavy atom. The lowest BCUT2D eigenvalue weighted by Crippen LogP contribution is -2.20. The molecule has 1 atom stereocenters. The number of halogens is 2. The fourth-order valence-electron chi connectivity index (χ4n) is 1.48. The van der Waals surface area contributed by atoms with E-state index >= 15 is 0 Å². The van der Waals surface area contributed by atoms with Gasteiger partial charge in [0.15, 0.2) is 0 Å². The second-order valence-corrected chi connectivity index (χ2v) is 4.46. The molecule has 2 rings (SSSR count). The Morgan fingerprint density at radius 3 is 2.92 bits per heavy atom. The minimum atomic E-state index is -0.279. The van der Waals surface area contributed by atoms with Crippen LogP contribution in [0.5, 0.6) is 0 Å². The second-order valence-electron chi connectivity index (χ2n) is 3.17. The van der Waals surface area contributed by atoms with Crippen LogP contribution in [0.4, 0.5) is 10.2 Å². The maximum Gasteiger partial charge on any atom is 0.141 e. The molecule has 2 heterocycles. The molecule has 1 saturated heterocycles. The molecule has 1 aromatic heterocycles. The van der Waals surface area contributed by atoms with E-state index in [1.807, 2.05) is 0 Å². The fraction of sp³-hybridized carbons (Fsp3) is 0.444. The third-order valence-corrected chi connectivity index (χ3v) is 2.91. The molecule has 1 unspecified atom stereocenters. The van der Waals surface area contributed by atoms with Gasteiger partial charge >= 0.3 is 0 Å². The van der Waals surface area contributed by atoms with Gasteiger partial charge in [0, 0.05) is 17.9 Å². The van der Waals surface area contributed by atoms with Crippen LogP contribution in [0.25, 0.3) is 0 Å². The number of anilines is 1. The lowest BCUT2D eigenvalue weighted by Gasteiger charge is -2.15. The zero-order valence-corrected chi connectivity index (χ0v) is 8.67. The smallest absolute Gasteiger partial charge is 0.141 e. The molecule has 0 bridgehead atoms. The van der Waals surface area contributed by atoms with Gasteiger partial charge in [0.2, 0.25) is 0 Å². The van der Waals surface area contributed by atoms with Crippen molar-refractivity contribution in [3.05, 3.63) is 24.1 Å². The summed E-state index contributed by atoms with van der Waals surface area (Å²) >= 11 is 3.55. The minimum absolute atomic E-state index is 0.279. The number of nitrogens with zero attached hydrogens (tertiary/aromatic N) is 2. The minimum Gasteiger partial charge on any atom is -0.355 e. The highest BCUT2D eigenvalue weighted by molar-refractivity contribution is 9.09. The van der Waals surface area contributed by atoms with Crippen LogP contribution in [0, 0.1) is 5.82 Å². The molecule has 0 amide bonds. The van der Waals surface area contributed by atoms with E-state index in [4.69, 9.17) is 0 Å². The van der Waals surface area contributed by atoms with Gasteiger partial charge in [-0.2, -0.15) is 0 Å². The monoisotopic (exact) mass is 244 g/mol. The summed E-state index contributed by atoms with van der Waals surface area (Å²) in [5.74, 6) is 0.585. The highest BCUT2D eigenvalue weighted by Gasteiger charge is 2.20. The molecule has 70 valence electrons. The van der Waals surface area contributed by atoms with Crippen molar-refractivity contribution in [1.82, 2.24) is 4.98 Å². The van der Waals surface area contributed by atoms with Crippen molar-refractivity contribution in [3.63, 3.8) is 0 Å². The molecule has 1 aliphatic rings. The summed E-state index contributed by atoms with van der Waals surface area (Å²) in [4.78, 5) is 6.72. The summed E-state index contributed by atoms with van der Waals surface area (Å²) in [6.07, 6.45) is 2.38. The summed E-state index contributed by atoms with van der Waals surface area (Å²) in [6, 6.07) is 3.17. The van der Waals surface area contributed by atoms with E-state index in [1.165, 1.54) is 12.3 Å². The predicted octanol–water partition coefficient (Wildman–Crippen LogP) is 2.19. The molecule has 0 N–H and O–H groups in total. The van der Waals surface area contributed by atoms with E-state index in [0.29, 0.717) is 4.83 Å². The first-order valence-corrected chi connectivity index (χ1v) is 5.18. The fourth-order valence-corrected chi connectivity index (χ4v) is 2.04. The van der Waals surface area contributed by atoms with E-state index in [9.17, 15) is 4.39 Å². The van der Waals surface area contributed by atoms with E-state index in [2.05, 4.69) is 25.8 Å². The van der Waals surface area contributed by atoms with Crippen molar-refractivity contribution in [3.8, 4) is 0 Å². The molecule has 13 heavy (non-hydrogen) atoms. The van der Waals surface area contributed by atoms with Gasteiger partial charge in [-0.3, -0.25) is 0 Å². The van der Waals surface area contributed by atoms with Crippen molar-refractivity contribution in [2.75, 3.05) is 18.0 Å². The van der Waals surface area contributed by atoms with E-state index < -0.39 is 0 Å². The number of aromatic nitrogens is 1. The van der Waals surface area contributed by atoms with Crippen molar-refractivity contribution >= 4 is 21.7 Å². The highest BCUT2D eigenvalue weighted by atomic mass is 79.9. The molecule has 4 heteroatoms. The van der Waals surface area contributed by atoms with Gasteiger partial charge in [-0.25, -0.2) is 9.37 Å². The predicted molar refractivity (Wildman–Crippen MR) is 53.7 cm³/mol. The van der Waals surface area contributed by atoms with Crippen LogP contribution in [0.2, 0.25) is 0 Å². The van der Waals surface area contributed by atoms with E-state index in [-0.39, 0.29) is 5.82 Å². The lowest BCUT2D eigenvalue weighted by molar-refractivity contribution is 0.621. The maximum absolute atomic E-state index is 12.6. The molecular weight excluding hydrogens is 235 g/mol. The second kappa shape index (κ2) is 3.62. The van der Waals surface area contributed by atoms with Gasteiger partial charge in [0.05, 0.1) is 6.20 Å². The largest absolute Gasteiger partial charge is 0.355 e. The summed E-state index contributed by atoms with van der Waals surface area (Å²) in [6.45, 7) is 1.95. The third kappa shape index (κ3) is 1.99. The van der Waals surface area contributed by atoms with Crippen molar-refractivity contribution in [2.45, 2.75) is 11.2 Å². The summed E-state index contributed by atoms with van der Waals surface area (Å²) in [5.41, 5.74) is 0. The molecule has 1 fully saturated rings. The Hall–Kier alpha value is -0.640. The van der Waals surface area contributed by atoms with Gasteiger partial charge in [-0.05, 0) is 18.6 Å². The standard InChI is InChI=1S/C9H10BrFN2/c10-7-3-4-13(6-7)9-2-1-8(11)5-12-9/h1-2,5,7H,3-4,6H2. The van der Waals surface area contributed by atoms with Gasteiger partial charge < -0.3 is 4.90 Å². The number of hydrogen-bond donors (Lipinski definition) is 0. The van der Waals surface area contributed by atoms with Crippen LogP contribution >= 0.6 is 15.9 Å². The molecule has 0 spiro atoms. The van der Waals surface area contributed by atoms with Crippen LogP contribution in [0.15, 0.2) is 18.3 Å². The number of alkyl halides is 1. The molecule has 1 aromatic rings. The molecule has 0 saturated carbocycles. The van der Waals surface area contributed by atoms with E-state index in [0.717, 1.165) is 25.3 Å². The zero-order valence-electron chi connectivity index (χ0n) is 7.08. The molecule has 1 aliphatic heterocycles. The van der Waals surface area contributed by atoms with Crippen LogP contribution < -0.4 is 4.90 Å². The van der Waals surface area contributed by atoms with E-state index in [1.54, 1.807) is 6.07 Å². The quantitative estimate of drug-likeness (QED) is 0.705. The maximum atomic E-state index is 12.6. The third-order valence-electron chi connectivity index (χ3n) is 2.17. The van der Waals surface area contributed by atoms with Crippen LogP contribution in [0.1, 0.15) is 6.42 Å².